The molecule has 15 heteroatoms. The van der Waals surface area contributed by atoms with E-state index in [1.165, 1.54) is 18.3 Å². The van der Waals surface area contributed by atoms with E-state index in [0.717, 1.165) is 22.4 Å². The molecule has 0 spiro atoms. The molecule has 2 unspecified atom stereocenters. The van der Waals surface area contributed by atoms with Crippen LogP contribution in [0.15, 0.2) is 18.3 Å². The van der Waals surface area contributed by atoms with E-state index in [1.54, 1.807) is 0 Å². The minimum Gasteiger partial charge on any atom is -0.377 e. The SMILES string of the molecule is FC(F)(F)c1nn(-c2ccn[nH]2)c2nc(N3C4CCC3COC4)cc(N3CCOC[C@H]3C(F)(F)F)c12. The van der Waals surface area contributed by atoms with Crippen LogP contribution >= 0.6 is 0 Å². The van der Waals surface area contributed by atoms with Crippen LogP contribution in [0.5, 0.6) is 0 Å². The molecule has 0 aliphatic carbocycles. The first-order valence-electron chi connectivity index (χ1n) is 11.4. The third-order valence-electron chi connectivity index (χ3n) is 6.91. The molecule has 3 fully saturated rings. The third kappa shape index (κ3) is 3.75. The van der Waals surface area contributed by atoms with Gasteiger partial charge >= 0.3 is 12.4 Å². The summed E-state index contributed by atoms with van der Waals surface area (Å²) >= 11 is 0. The van der Waals surface area contributed by atoms with Crippen LogP contribution in [0.1, 0.15) is 18.5 Å². The van der Waals surface area contributed by atoms with Crippen molar-refractivity contribution < 1.29 is 35.8 Å². The summed E-state index contributed by atoms with van der Waals surface area (Å²) in [5.74, 6) is 0.389. The Morgan fingerprint density at radius 1 is 1.00 bits per heavy atom. The van der Waals surface area contributed by atoms with Crippen molar-refractivity contribution in [1.29, 1.82) is 0 Å². The second-order valence-corrected chi connectivity index (χ2v) is 9.05. The van der Waals surface area contributed by atoms with E-state index in [9.17, 15) is 26.3 Å². The van der Waals surface area contributed by atoms with Crippen molar-refractivity contribution in [3.8, 4) is 5.82 Å². The number of pyridine rings is 1. The minimum absolute atomic E-state index is 0.0649. The Hall–Kier alpha value is -3.07. The van der Waals surface area contributed by atoms with E-state index >= 15 is 0 Å². The Bertz CT molecular complexity index is 1240. The maximum Gasteiger partial charge on any atom is 0.435 e. The van der Waals surface area contributed by atoms with Crippen LogP contribution in [-0.4, -0.2) is 82.2 Å². The molecule has 0 amide bonds. The zero-order chi connectivity index (χ0) is 25.2. The van der Waals surface area contributed by atoms with Gasteiger partial charge in [-0.05, 0) is 12.8 Å². The van der Waals surface area contributed by atoms with Crippen molar-refractivity contribution >= 4 is 22.5 Å². The van der Waals surface area contributed by atoms with Crippen molar-refractivity contribution in [3.63, 3.8) is 0 Å². The standard InChI is InChI=1S/C21H21F6N7O2/c22-20(23,24)14-10-35-6-5-32(14)13-7-16(33-11-1-2-12(33)9-36-8-11)29-19-17(13)18(21(25,26)27)31-34(19)15-3-4-28-30-15/h3-4,7,11-12,14H,1-2,5-6,8-10H2,(H,28,30)/t11?,12?,14-/m0/s1. The molecule has 3 aromatic heterocycles. The summed E-state index contributed by atoms with van der Waals surface area (Å²) in [4.78, 5) is 7.45. The Kier molecular flexibility index (Phi) is 5.33. The summed E-state index contributed by atoms with van der Waals surface area (Å²) in [6.07, 6.45) is -6.76. The number of morpholine rings is 2. The largest absolute Gasteiger partial charge is 0.435 e. The van der Waals surface area contributed by atoms with Gasteiger partial charge in [0.2, 0.25) is 0 Å². The van der Waals surface area contributed by atoms with Gasteiger partial charge in [-0.3, -0.25) is 5.10 Å². The number of alkyl halides is 6. The molecule has 0 radical (unpaired) electrons. The number of H-pyrrole nitrogens is 1. The second kappa shape index (κ2) is 8.23. The summed E-state index contributed by atoms with van der Waals surface area (Å²) in [5, 5.41) is 9.61. The number of aromatic amines is 1. The molecule has 3 atom stereocenters. The van der Waals surface area contributed by atoms with Crippen LogP contribution in [0.3, 0.4) is 0 Å². The van der Waals surface area contributed by atoms with Gasteiger partial charge in [0.15, 0.2) is 17.2 Å². The van der Waals surface area contributed by atoms with Crippen molar-refractivity contribution in [2.24, 2.45) is 0 Å². The van der Waals surface area contributed by atoms with Crippen LogP contribution in [0.25, 0.3) is 16.9 Å². The number of ether oxygens (including phenoxy) is 2. The monoisotopic (exact) mass is 517 g/mol. The van der Waals surface area contributed by atoms with Crippen molar-refractivity contribution in [3.05, 3.63) is 24.0 Å². The maximum absolute atomic E-state index is 14.2. The predicted octanol–water partition coefficient (Wildman–Crippen LogP) is 3.30. The summed E-state index contributed by atoms with van der Waals surface area (Å²) in [5.41, 5.74) is -1.76. The van der Waals surface area contributed by atoms with Gasteiger partial charge in [0.1, 0.15) is 11.9 Å². The molecule has 3 aromatic rings. The lowest BCUT2D eigenvalue weighted by atomic mass is 10.1. The quantitative estimate of drug-likeness (QED) is 0.534. The summed E-state index contributed by atoms with van der Waals surface area (Å²) in [6.45, 7) is -0.193. The van der Waals surface area contributed by atoms with Gasteiger partial charge in [-0.25, -0.2) is 4.98 Å². The Labute approximate surface area is 199 Å². The molecule has 9 nitrogen and oxygen atoms in total. The van der Waals surface area contributed by atoms with E-state index in [-0.39, 0.29) is 48.2 Å². The minimum atomic E-state index is -4.94. The zero-order valence-electron chi connectivity index (χ0n) is 18.7. The Morgan fingerprint density at radius 2 is 1.75 bits per heavy atom. The number of hydrogen-bond acceptors (Lipinski definition) is 7. The number of fused-ring (bicyclic) bond motifs is 3. The molecule has 6 heterocycles. The fourth-order valence-corrected chi connectivity index (χ4v) is 5.34. The highest BCUT2D eigenvalue weighted by Gasteiger charge is 2.48. The van der Waals surface area contributed by atoms with E-state index in [2.05, 4.69) is 20.3 Å². The molecular formula is C21H21F6N7O2. The van der Waals surface area contributed by atoms with Gasteiger partial charge in [0.25, 0.3) is 0 Å². The van der Waals surface area contributed by atoms with E-state index < -0.39 is 36.1 Å². The number of halogens is 6. The number of hydrogen-bond donors (Lipinski definition) is 1. The molecule has 0 saturated carbocycles. The number of anilines is 2. The normalized spacial score (nSPS) is 25.2. The third-order valence-corrected chi connectivity index (χ3v) is 6.91. The van der Waals surface area contributed by atoms with E-state index in [4.69, 9.17) is 9.47 Å². The lowest BCUT2D eigenvalue weighted by Crippen LogP contribution is -2.54. The second-order valence-electron chi connectivity index (χ2n) is 9.05. The number of rotatable bonds is 3. The van der Waals surface area contributed by atoms with E-state index in [1.807, 2.05) is 4.90 Å². The van der Waals surface area contributed by atoms with Crippen LogP contribution in [0.2, 0.25) is 0 Å². The van der Waals surface area contributed by atoms with Crippen LogP contribution < -0.4 is 9.80 Å². The molecular weight excluding hydrogens is 496 g/mol. The molecule has 3 aliphatic heterocycles. The van der Waals surface area contributed by atoms with Gasteiger partial charge in [0, 0.05) is 18.7 Å². The average Bonchev–Trinajstić information content (AvgIpc) is 3.54. The molecule has 36 heavy (non-hydrogen) atoms. The van der Waals surface area contributed by atoms with Gasteiger partial charge in [-0.15, -0.1) is 0 Å². The molecule has 0 aromatic carbocycles. The smallest absolute Gasteiger partial charge is 0.377 e. The van der Waals surface area contributed by atoms with Gasteiger partial charge in [0.05, 0.1) is 55.8 Å². The lowest BCUT2D eigenvalue weighted by molar-refractivity contribution is -0.167. The first-order chi connectivity index (χ1) is 17.1. The molecule has 3 aliphatic rings. The maximum atomic E-state index is 14.2. The number of nitrogens with one attached hydrogen (secondary N) is 1. The highest BCUT2D eigenvalue weighted by molar-refractivity contribution is 5.95. The zero-order valence-corrected chi connectivity index (χ0v) is 18.7. The summed E-state index contributed by atoms with van der Waals surface area (Å²) < 4.78 is 96.3. The average molecular weight is 517 g/mol. The lowest BCUT2D eigenvalue weighted by Gasteiger charge is -2.40. The molecule has 6 rings (SSSR count). The summed E-state index contributed by atoms with van der Waals surface area (Å²) in [7, 11) is 0. The Balaban J connectivity index is 1.64. The predicted molar refractivity (Wildman–Crippen MR) is 114 cm³/mol. The van der Waals surface area contributed by atoms with E-state index in [0.29, 0.717) is 13.2 Å². The Morgan fingerprint density at radius 3 is 2.39 bits per heavy atom. The first kappa shape index (κ1) is 23.3. The van der Waals surface area contributed by atoms with Crippen LogP contribution in [0.4, 0.5) is 37.8 Å². The number of nitrogens with zero attached hydrogens (tertiary/aromatic N) is 6. The summed E-state index contributed by atoms with van der Waals surface area (Å²) in [6, 6.07) is 0.469. The van der Waals surface area contributed by atoms with Gasteiger partial charge < -0.3 is 19.3 Å². The van der Waals surface area contributed by atoms with Crippen molar-refractivity contribution in [1.82, 2.24) is 25.0 Å². The fourth-order valence-electron chi connectivity index (χ4n) is 5.34. The highest BCUT2D eigenvalue weighted by Crippen LogP contribution is 2.44. The van der Waals surface area contributed by atoms with Crippen molar-refractivity contribution in [2.45, 2.75) is 43.3 Å². The first-order valence-corrected chi connectivity index (χ1v) is 11.4. The van der Waals surface area contributed by atoms with Gasteiger partial charge in [-0.1, -0.05) is 0 Å². The van der Waals surface area contributed by atoms with Crippen LogP contribution in [-0.2, 0) is 15.7 Å². The van der Waals surface area contributed by atoms with Crippen molar-refractivity contribution in [2.75, 3.05) is 42.8 Å². The van der Waals surface area contributed by atoms with Gasteiger partial charge in [-0.2, -0.15) is 41.2 Å². The molecule has 194 valence electrons. The molecule has 2 bridgehead atoms. The molecule has 3 saturated heterocycles. The molecule has 1 N–H and O–H groups in total. The fraction of sp³-hybridized carbons (Fsp3) is 0.571. The topological polar surface area (TPSA) is 84.3 Å². The highest BCUT2D eigenvalue weighted by atomic mass is 19.4. The van der Waals surface area contributed by atoms with Crippen LogP contribution in [0, 0.1) is 0 Å². The number of aromatic nitrogens is 5.